The van der Waals surface area contributed by atoms with Gasteiger partial charge in [-0.15, -0.1) is 0 Å². The molecular formula is C20H17F2IN2O4. The molecule has 2 N–H and O–H groups in total. The predicted molar refractivity (Wildman–Crippen MR) is 114 cm³/mol. The third kappa shape index (κ3) is 5.43. The normalized spacial score (nSPS) is 16.4. The standard InChI is InChI=1S/C20H17F2IN2O4/c21-20(22)29-18-8-12(16(26)9-24-11-23)5-6-15(18)25-19(27)14-7-13-3-1-2-4-17(13)28-10-14/h1-6,8-9,11,14,20,26H,7,10H2,(H,25,27)/b16-9-,24-11?. The number of para-hydroxylation sites is 1. The molecule has 6 nitrogen and oxygen atoms in total. The largest absolute Gasteiger partial charge is 0.506 e. The highest BCUT2D eigenvalue weighted by Gasteiger charge is 2.27. The molecular weight excluding hydrogens is 497 g/mol. The van der Waals surface area contributed by atoms with E-state index in [0.29, 0.717) is 6.42 Å². The monoisotopic (exact) mass is 514 g/mol. The van der Waals surface area contributed by atoms with Gasteiger partial charge in [-0.2, -0.15) is 8.78 Å². The molecule has 0 fully saturated rings. The Balaban J connectivity index is 1.79. The minimum Gasteiger partial charge on any atom is -0.506 e. The summed E-state index contributed by atoms with van der Waals surface area (Å²) in [7, 11) is 0. The van der Waals surface area contributed by atoms with E-state index in [0.717, 1.165) is 11.3 Å². The van der Waals surface area contributed by atoms with E-state index < -0.39 is 12.5 Å². The molecule has 2 aromatic rings. The van der Waals surface area contributed by atoms with Crippen molar-refractivity contribution in [3.63, 3.8) is 0 Å². The number of ether oxygens (including phenoxy) is 2. The van der Waals surface area contributed by atoms with Crippen LogP contribution >= 0.6 is 22.6 Å². The Morgan fingerprint density at radius 2 is 2.14 bits per heavy atom. The number of nitrogens with one attached hydrogen (secondary N) is 1. The van der Waals surface area contributed by atoms with Crippen LogP contribution in [-0.2, 0) is 11.2 Å². The van der Waals surface area contributed by atoms with Crippen LogP contribution < -0.4 is 14.8 Å². The second kappa shape index (κ2) is 9.68. The molecule has 0 saturated carbocycles. The van der Waals surface area contributed by atoms with E-state index in [-0.39, 0.29) is 35.3 Å². The molecule has 1 atom stereocenters. The van der Waals surface area contributed by atoms with Gasteiger partial charge in [-0.3, -0.25) is 9.79 Å². The maximum atomic E-state index is 12.8. The maximum Gasteiger partial charge on any atom is 0.387 e. The Bertz CT molecular complexity index is 950. The highest BCUT2D eigenvalue weighted by Crippen LogP contribution is 2.32. The third-order valence-electron chi connectivity index (χ3n) is 4.25. The highest BCUT2D eigenvalue weighted by molar-refractivity contribution is 14.1. The van der Waals surface area contributed by atoms with Crippen LogP contribution in [0, 0.1) is 5.92 Å². The Hall–Kier alpha value is -2.69. The predicted octanol–water partition coefficient (Wildman–Crippen LogP) is 4.80. The summed E-state index contributed by atoms with van der Waals surface area (Å²) >= 11 is 1.87. The first kappa shape index (κ1) is 21.0. The van der Waals surface area contributed by atoms with Crippen molar-refractivity contribution in [1.29, 1.82) is 0 Å². The number of aliphatic hydroxyl groups is 1. The minimum atomic E-state index is -3.09. The number of aliphatic imine (C=N–C) groups is 1. The van der Waals surface area contributed by atoms with E-state index in [1.165, 1.54) is 28.6 Å². The molecule has 2 aromatic carbocycles. The summed E-state index contributed by atoms with van der Waals surface area (Å²) in [6, 6.07) is 11.5. The summed E-state index contributed by atoms with van der Waals surface area (Å²) in [4.78, 5) is 16.4. The number of rotatable bonds is 6. The van der Waals surface area contributed by atoms with E-state index in [4.69, 9.17) is 4.74 Å². The van der Waals surface area contributed by atoms with Gasteiger partial charge in [0.2, 0.25) is 5.91 Å². The fourth-order valence-electron chi connectivity index (χ4n) is 2.88. The molecule has 9 heteroatoms. The number of carbonyl (C=O) groups excluding carboxylic acids is 1. The fraction of sp³-hybridized carbons (Fsp3) is 0.200. The van der Waals surface area contributed by atoms with E-state index >= 15 is 0 Å². The highest BCUT2D eigenvalue weighted by atomic mass is 127. The zero-order chi connectivity index (χ0) is 20.8. The number of amides is 1. The number of hydrogen-bond donors (Lipinski definition) is 2. The second-order valence-electron chi connectivity index (χ2n) is 6.16. The Kier molecular flexibility index (Phi) is 7.02. The smallest absolute Gasteiger partial charge is 0.387 e. The van der Waals surface area contributed by atoms with Crippen molar-refractivity contribution in [1.82, 2.24) is 0 Å². The molecule has 0 saturated heterocycles. The van der Waals surface area contributed by atoms with Gasteiger partial charge in [-0.25, -0.2) is 0 Å². The van der Waals surface area contributed by atoms with Crippen molar-refractivity contribution >= 4 is 44.2 Å². The molecule has 152 valence electrons. The molecule has 1 unspecified atom stereocenters. The van der Waals surface area contributed by atoms with Crippen LogP contribution in [0.3, 0.4) is 0 Å². The fourth-order valence-corrected chi connectivity index (χ4v) is 3.04. The van der Waals surface area contributed by atoms with Gasteiger partial charge >= 0.3 is 6.61 Å². The summed E-state index contributed by atoms with van der Waals surface area (Å²) in [6.07, 6.45) is 1.64. The van der Waals surface area contributed by atoms with Crippen molar-refractivity contribution < 1.29 is 28.2 Å². The number of hydrogen-bond acceptors (Lipinski definition) is 5. The molecule has 0 radical (unpaired) electrons. The van der Waals surface area contributed by atoms with Crippen LogP contribution in [0.2, 0.25) is 0 Å². The van der Waals surface area contributed by atoms with Crippen LogP contribution in [0.25, 0.3) is 5.76 Å². The topological polar surface area (TPSA) is 80.2 Å². The second-order valence-corrected chi connectivity index (χ2v) is 6.72. The van der Waals surface area contributed by atoms with E-state index in [9.17, 15) is 18.7 Å². The molecule has 1 aliphatic rings. The Morgan fingerprint density at radius 3 is 2.90 bits per heavy atom. The van der Waals surface area contributed by atoms with Crippen molar-refractivity contribution in [2.45, 2.75) is 13.0 Å². The van der Waals surface area contributed by atoms with Crippen LogP contribution in [0.1, 0.15) is 11.1 Å². The number of fused-ring (bicyclic) bond motifs is 1. The first-order valence-corrected chi connectivity index (χ1v) is 9.84. The molecule has 0 aliphatic carbocycles. The molecule has 0 aromatic heterocycles. The van der Waals surface area contributed by atoms with Gasteiger partial charge in [0, 0.05) is 5.56 Å². The van der Waals surface area contributed by atoms with Crippen LogP contribution in [0.15, 0.2) is 53.7 Å². The lowest BCUT2D eigenvalue weighted by molar-refractivity contribution is -0.121. The minimum absolute atomic E-state index is 0.0723. The number of halogens is 3. The van der Waals surface area contributed by atoms with E-state index in [2.05, 4.69) is 15.0 Å². The summed E-state index contributed by atoms with van der Waals surface area (Å²) in [5, 5.41) is 12.6. The molecule has 0 spiro atoms. The Labute approximate surface area is 179 Å². The molecule has 29 heavy (non-hydrogen) atoms. The number of benzene rings is 2. The summed E-state index contributed by atoms with van der Waals surface area (Å²) in [5.41, 5.74) is 1.20. The quantitative estimate of drug-likeness (QED) is 0.330. The first-order chi connectivity index (χ1) is 14.0. The van der Waals surface area contributed by atoms with Gasteiger partial charge in [0.05, 0.1) is 22.0 Å². The van der Waals surface area contributed by atoms with Crippen molar-refractivity contribution in [3.05, 3.63) is 59.8 Å². The number of nitrogens with zero attached hydrogens (tertiary/aromatic N) is 1. The van der Waals surface area contributed by atoms with Crippen LogP contribution in [-0.4, -0.2) is 28.5 Å². The number of aliphatic hydroxyl groups excluding tert-OH is 1. The first-order valence-electron chi connectivity index (χ1n) is 8.59. The van der Waals surface area contributed by atoms with Gasteiger partial charge in [0.25, 0.3) is 0 Å². The van der Waals surface area contributed by atoms with Gasteiger partial charge < -0.3 is 19.9 Å². The van der Waals surface area contributed by atoms with Gasteiger partial charge in [-0.05, 0) is 58.8 Å². The lowest BCUT2D eigenvalue weighted by atomic mass is 9.96. The van der Waals surface area contributed by atoms with Gasteiger partial charge in [-0.1, -0.05) is 18.2 Å². The lowest BCUT2D eigenvalue weighted by Gasteiger charge is -2.25. The van der Waals surface area contributed by atoms with E-state index in [1.807, 2.05) is 46.9 Å². The van der Waals surface area contributed by atoms with Gasteiger partial charge in [0.15, 0.2) is 0 Å². The van der Waals surface area contributed by atoms with Crippen molar-refractivity contribution in [2.24, 2.45) is 10.9 Å². The summed E-state index contributed by atoms with van der Waals surface area (Å²) < 4.78 is 37.2. The summed E-state index contributed by atoms with van der Waals surface area (Å²) in [5.74, 6) is -0.608. The zero-order valence-electron chi connectivity index (χ0n) is 15.0. The molecule has 3 rings (SSSR count). The molecule has 1 aliphatic heterocycles. The van der Waals surface area contributed by atoms with Gasteiger partial charge in [0.1, 0.15) is 23.9 Å². The molecule has 1 amide bonds. The molecule has 1 heterocycles. The zero-order valence-corrected chi connectivity index (χ0v) is 17.2. The summed E-state index contributed by atoms with van der Waals surface area (Å²) in [6.45, 7) is -2.91. The number of alkyl halides is 2. The maximum absolute atomic E-state index is 12.8. The van der Waals surface area contributed by atoms with Crippen molar-refractivity contribution in [2.75, 3.05) is 11.9 Å². The Morgan fingerprint density at radius 1 is 1.34 bits per heavy atom. The lowest BCUT2D eigenvalue weighted by Crippen LogP contribution is -2.32. The number of carbonyl (C=O) groups is 1. The van der Waals surface area contributed by atoms with E-state index in [1.54, 1.807) is 0 Å². The van der Waals surface area contributed by atoms with Crippen LogP contribution in [0.5, 0.6) is 11.5 Å². The van der Waals surface area contributed by atoms with Crippen LogP contribution in [0.4, 0.5) is 14.5 Å². The molecule has 0 bridgehead atoms. The SMILES string of the molecule is O=C(Nc1ccc(/C(O)=C/N=CI)cc1OC(F)F)C1COc2ccccc2C1. The average Bonchev–Trinajstić information content (AvgIpc) is 2.72. The number of anilines is 1. The van der Waals surface area contributed by atoms with Crippen molar-refractivity contribution in [3.8, 4) is 11.5 Å². The third-order valence-corrected chi connectivity index (χ3v) is 4.58. The average molecular weight is 514 g/mol.